The summed E-state index contributed by atoms with van der Waals surface area (Å²) in [6, 6.07) is 6.48. The second-order valence-electron chi connectivity index (χ2n) is 6.74. The van der Waals surface area contributed by atoms with Gasteiger partial charge in [-0.15, -0.1) is 0 Å². The lowest BCUT2D eigenvalue weighted by atomic mass is 9.99. The second kappa shape index (κ2) is 8.19. The highest BCUT2D eigenvalue weighted by atomic mass is 32.2. The molecular weight excluding hydrogens is 385 g/mol. The summed E-state index contributed by atoms with van der Waals surface area (Å²) < 4.78 is 39.9. The molecule has 10 heteroatoms. The van der Waals surface area contributed by atoms with E-state index in [0.29, 0.717) is 19.4 Å². The van der Waals surface area contributed by atoms with Crippen LogP contribution in [-0.2, 0) is 14.8 Å². The number of hydrazine groups is 1. The number of benzene rings is 1. The van der Waals surface area contributed by atoms with Gasteiger partial charge in [-0.1, -0.05) is 0 Å². The predicted molar refractivity (Wildman–Crippen MR) is 101 cm³/mol. The molecule has 0 unspecified atom stereocenters. The number of rotatable bonds is 5. The first-order chi connectivity index (χ1) is 13.3. The molecule has 1 fully saturated rings. The molecule has 8 nitrogen and oxygen atoms in total. The monoisotopic (exact) mass is 407 g/mol. The number of sulfonamides is 1. The van der Waals surface area contributed by atoms with Crippen molar-refractivity contribution in [2.75, 3.05) is 18.5 Å². The largest absolute Gasteiger partial charge is 0.273 e. The summed E-state index contributed by atoms with van der Waals surface area (Å²) in [5.74, 6) is -1.07. The zero-order chi connectivity index (χ0) is 20.3. The first kappa shape index (κ1) is 20.2. The molecule has 2 N–H and O–H groups in total. The minimum Gasteiger partial charge on any atom is -0.273 e. The summed E-state index contributed by atoms with van der Waals surface area (Å²) in [5, 5.41) is 0. The Labute approximate surface area is 163 Å². The number of hydrogen-bond donors (Lipinski definition) is 2. The fraction of sp³-hybridized carbons (Fsp3) is 0.389. The van der Waals surface area contributed by atoms with E-state index in [1.807, 2.05) is 19.9 Å². The first-order valence-electron chi connectivity index (χ1n) is 8.89. The SMILES string of the molecule is Cc1cc(C)nc(NNC(=O)[C@@H]2CCCN(S(=O)(=O)c3ccc(F)cc3)C2)n1. The van der Waals surface area contributed by atoms with Crippen LogP contribution < -0.4 is 10.9 Å². The fourth-order valence-electron chi connectivity index (χ4n) is 3.13. The quantitative estimate of drug-likeness (QED) is 0.732. The van der Waals surface area contributed by atoms with E-state index < -0.39 is 21.8 Å². The molecule has 2 aromatic rings. The van der Waals surface area contributed by atoms with Crippen LogP contribution in [-0.4, -0.2) is 41.7 Å². The van der Waals surface area contributed by atoms with Crippen LogP contribution in [0.25, 0.3) is 0 Å². The van der Waals surface area contributed by atoms with Gasteiger partial charge in [0.25, 0.3) is 0 Å². The topological polar surface area (TPSA) is 104 Å². The van der Waals surface area contributed by atoms with Crippen molar-refractivity contribution >= 4 is 21.9 Å². The minimum atomic E-state index is -3.78. The number of aryl methyl sites for hydroxylation is 2. The Morgan fingerprint density at radius 1 is 1.18 bits per heavy atom. The molecular formula is C18H22FN5O3S. The summed E-state index contributed by atoms with van der Waals surface area (Å²) in [6.45, 7) is 4.01. The molecule has 0 saturated carbocycles. The third kappa shape index (κ3) is 4.63. The van der Waals surface area contributed by atoms with Crippen molar-refractivity contribution in [2.24, 2.45) is 5.92 Å². The third-order valence-electron chi connectivity index (χ3n) is 4.49. The Balaban J connectivity index is 1.65. The number of nitrogens with zero attached hydrogens (tertiary/aromatic N) is 3. The summed E-state index contributed by atoms with van der Waals surface area (Å²) in [4.78, 5) is 20.9. The van der Waals surface area contributed by atoms with Crippen molar-refractivity contribution in [2.45, 2.75) is 31.6 Å². The van der Waals surface area contributed by atoms with Gasteiger partial charge in [-0.25, -0.2) is 22.8 Å². The van der Waals surface area contributed by atoms with Crippen LogP contribution in [0.5, 0.6) is 0 Å². The van der Waals surface area contributed by atoms with Gasteiger partial charge in [0.1, 0.15) is 5.82 Å². The molecule has 1 aliphatic heterocycles. The normalized spacial score (nSPS) is 17.9. The van der Waals surface area contributed by atoms with Gasteiger partial charge in [0.05, 0.1) is 10.8 Å². The van der Waals surface area contributed by atoms with Crippen LogP contribution in [0.1, 0.15) is 24.2 Å². The highest BCUT2D eigenvalue weighted by Gasteiger charge is 2.33. The van der Waals surface area contributed by atoms with E-state index in [0.717, 1.165) is 23.5 Å². The number of anilines is 1. The van der Waals surface area contributed by atoms with Crippen molar-refractivity contribution in [1.82, 2.24) is 19.7 Å². The van der Waals surface area contributed by atoms with Crippen molar-refractivity contribution < 1.29 is 17.6 Å². The van der Waals surface area contributed by atoms with E-state index >= 15 is 0 Å². The maximum absolute atomic E-state index is 13.1. The van der Waals surface area contributed by atoms with Gasteiger partial charge in [-0.05, 0) is 57.0 Å². The van der Waals surface area contributed by atoms with Gasteiger partial charge < -0.3 is 0 Å². The van der Waals surface area contributed by atoms with Crippen LogP contribution in [0.4, 0.5) is 10.3 Å². The molecule has 0 bridgehead atoms. The number of aromatic nitrogens is 2. The number of piperidine rings is 1. The highest BCUT2D eigenvalue weighted by Crippen LogP contribution is 2.24. The number of halogens is 1. The summed E-state index contributed by atoms with van der Waals surface area (Å²) in [6.07, 6.45) is 1.12. The number of nitrogens with one attached hydrogen (secondary N) is 2. The maximum atomic E-state index is 13.1. The van der Waals surface area contributed by atoms with Gasteiger partial charge in [0.15, 0.2) is 0 Å². The molecule has 1 aliphatic rings. The molecule has 1 atom stereocenters. The van der Waals surface area contributed by atoms with Crippen molar-refractivity contribution in [3.63, 3.8) is 0 Å². The van der Waals surface area contributed by atoms with E-state index in [2.05, 4.69) is 20.8 Å². The average Bonchev–Trinajstić information content (AvgIpc) is 2.66. The van der Waals surface area contributed by atoms with E-state index in [-0.39, 0.29) is 23.3 Å². The molecule has 1 aromatic carbocycles. The van der Waals surface area contributed by atoms with Crippen molar-refractivity contribution in [1.29, 1.82) is 0 Å². The van der Waals surface area contributed by atoms with Crippen LogP contribution in [0.2, 0.25) is 0 Å². The van der Waals surface area contributed by atoms with Gasteiger partial charge >= 0.3 is 0 Å². The third-order valence-corrected chi connectivity index (χ3v) is 6.37. The molecule has 0 spiro atoms. The Hall–Kier alpha value is -2.59. The molecule has 3 rings (SSSR count). The molecule has 1 aromatic heterocycles. The lowest BCUT2D eigenvalue weighted by Gasteiger charge is -2.31. The van der Waals surface area contributed by atoms with Crippen LogP contribution in [0.3, 0.4) is 0 Å². The van der Waals surface area contributed by atoms with Gasteiger partial charge in [-0.3, -0.25) is 15.6 Å². The number of carbonyl (C=O) groups is 1. The van der Waals surface area contributed by atoms with Crippen molar-refractivity contribution in [3.05, 3.63) is 47.5 Å². The highest BCUT2D eigenvalue weighted by molar-refractivity contribution is 7.89. The summed E-state index contributed by atoms with van der Waals surface area (Å²) >= 11 is 0. The molecule has 28 heavy (non-hydrogen) atoms. The molecule has 0 aliphatic carbocycles. The maximum Gasteiger partial charge on any atom is 0.243 e. The van der Waals surface area contributed by atoms with E-state index in [1.54, 1.807) is 0 Å². The van der Waals surface area contributed by atoms with Gasteiger partial charge in [0, 0.05) is 24.5 Å². The van der Waals surface area contributed by atoms with Crippen molar-refractivity contribution in [3.8, 4) is 0 Å². The lowest BCUT2D eigenvalue weighted by molar-refractivity contribution is -0.125. The fourth-order valence-corrected chi connectivity index (χ4v) is 4.66. The van der Waals surface area contributed by atoms with Gasteiger partial charge in [0.2, 0.25) is 21.9 Å². The second-order valence-corrected chi connectivity index (χ2v) is 8.68. The lowest BCUT2D eigenvalue weighted by Crippen LogP contribution is -2.46. The smallest absolute Gasteiger partial charge is 0.243 e. The van der Waals surface area contributed by atoms with E-state index in [1.165, 1.54) is 16.4 Å². The minimum absolute atomic E-state index is 0.0109. The number of hydrogen-bond acceptors (Lipinski definition) is 6. The summed E-state index contributed by atoms with van der Waals surface area (Å²) in [5.41, 5.74) is 6.77. The molecule has 0 radical (unpaired) electrons. The Kier molecular flexibility index (Phi) is 5.90. The van der Waals surface area contributed by atoms with Crippen LogP contribution in [0, 0.1) is 25.6 Å². The zero-order valence-corrected chi connectivity index (χ0v) is 16.5. The number of carbonyl (C=O) groups excluding carboxylic acids is 1. The first-order valence-corrected chi connectivity index (χ1v) is 10.3. The Bertz CT molecular complexity index is 945. The molecule has 2 heterocycles. The van der Waals surface area contributed by atoms with Crippen LogP contribution >= 0.6 is 0 Å². The van der Waals surface area contributed by atoms with E-state index in [4.69, 9.17) is 0 Å². The standard InChI is InChI=1S/C18H22FN5O3S/c1-12-10-13(2)21-18(20-12)23-22-17(25)14-4-3-9-24(11-14)28(26,27)16-7-5-15(19)6-8-16/h5-8,10,14H,3-4,9,11H2,1-2H3,(H,22,25)(H,20,21,23)/t14-/m1/s1. The van der Waals surface area contributed by atoms with Gasteiger partial charge in [-0.2, -0.15) is 4.31 Å². The predicted octanol–water partition coefficient (Wildman–Crippen LogP) is 1.78. The Morgan fingerprint density at radius 3 is 2.46 bits per heavy atom. The molecule has 150 valence electrons. The average molecular weight is 407 g/mol. The molecule has 1 saturated heterocycles. The van der Waals surface area contributed by atoms with Crippen LogP contribution in [0.15, 0.2) is 35.2 Å². The Morgan fingerprint density at radius 2 is 1.82 bits per heavy atom. The van der Waals surface area contributed by atoms with E-state index in [9.17, 15) is 17.6 Å². The molecule has 1 amide bonds. The zero-order valence-electron chi connectivity index (χ0n) is 15.6. The number of amides is 1. The summed E-state index contributed by atoms with van der Waals surface area (Å²) in [7, 11) is -3.78.